The van der Waals surface area contributed by atoms with Crippen molar-refractivity contribution in [3.8, 4) is 0 Å². The highest BCUT2D eigenvalue weighted by molar-refractivity contribution is 9.10. The lowest BCUT2D eigenvalue weighted by Gasteiger charge is -2.27. The number of benzene rings is 1. The van der Waals surface area contributed by atoms with Gasteiger partial charge in [-0.2, -0.15) is 0 Å². The van der Waals surface area contributed by atoms with Gasteiger partial charge in [-0.15, -0.1) is 0 Å². The lowest BCUT2D eigenvalue weighted by atomic mass is 10.0. The number of aromatic nitrogens is 1. The first kappa shape index (κ1) is 12.9. The molecular formula is C15H14BrClN2. The molecule has 1 aliphatic heterocycles. The van der Waals surface area contributed by atoms with Crippen LogP contribution in [0.4, 0.5) is 5.82 Å². The topological polar surface area (TPSA) is 16.1 Å². The number of pyridine rings is 1. The molecule has 1 aromatic heterocycles. The van der Waals surface area contributed by atoms with Gasteiger partial charge in [0.15, 0.2) is 0 Å². The van der Waals surface area contributed by atoms with E-state index in [9.17, 15) is 0 Å². The quantitative estimate of drug-likeness (QED) is 0.779. The number of halogens is 2. The molecule has 19 heavy (non-hydrogen) atoms. The molecule has 0 saturated carbocycles. The van der Waals surface area contributed by atoms with E-state index in [1.54, 1.807) is 6.20 Å². The van der Waals surface area contributed by atoms with Gasteiger partial charge in [-0.1, -0.05) is 41.9 Å². The van der Waals surface area contributed by atoms with Gasteiger partial charge in [0.05, 0.1) is 15.5 Å². The van der Waals surface area contributed by atoms with E-state index in [2.05, 4.69) is 56.1 Å². The Morgan fingerprint density at radius 2 is 2.05 bits per heavy atom. The third-order valence-corrected chi connectivity index (χ3v) is 4.29. The fourth-order valence-electron chi connectivity index (χ4n) is 2.66. The molecule has 1 aliphatic rings. The molecular weight excluding hydrogens is 324 g/mol. The highest BCUT2D eigenvalue weighted by atomic mass is 79.9. The second-order valence-electron chi connectivity index (χ2n) is 4.72. The largest absolute Gasteiger partial charge is 0.349 e. The van der Waals surface area contributed by atoms with E-state index in [0.29, 0.717) is 11.1 Å². The van der Waals surface area contributed by atoms with Crippen molar-refractivity contribution in [1.29, 1.82) is 0 Å². The lowest BCUT2D eigenvalue weighted by Crippen LogP contribution is -2.23. The Kier molecular flexibility index (Phi) is 3.76. The number of anilines is 1. The molecule has 1 aromatic carbocycles. The van der Waals surface area contributed by atoms with Crippen LogP contribution in [0.1, 0.15) is 24.4 Å². The van der Waals surface area contributed by atoms with Crippen molar-refractivity contribution in [3.63, 3.8) is 0 Å². The van der Waals surface area contributed by atoms with E-state index in [1.807, 2.05) is 6.07 Å². The van der Waals surface area contributed by atoms with E-state index in [0.717, 1.165) is 16.8 Å². The number of hydrogen-bond acceptors (Lipinski definition) is 2. The zero-order valence-electron chi connectivity index (χ0n) is 10.4. The number of rotatable bonds is 2. The van der Waals surface area contributed by atoms with Crippen molar-refractivity contribution in [3.05, 3.63) is 57.7 Å². The molecule has 2 aromatic rings. The maximum atomic E-state index is 5.97. The summed E-state index contributed by atoms with van der Waals surface area (Å²) in [7, 11) is 0. The molecule has 4 heteroatoms. The first-order valence-corrected chi connectivity index (χ1v) is 7.55. The van der Waals surface area contributed by atoms with Crippen LogP contribution in [0.2, 0.25) is 5.02 Å². The minimum absolute atomic E-state index is 0.408. The van der Waals surface area contributed by atoms with Gasteiger partial charge >= 0.3 is 0 Å². The summed E-state index contributed by atoms with van der Waals surface area (Å²) in [5.41, 5.74) is 1.35. The molecule has 0 aliphatic carbocycles. The van der Waals surface area contributed by atoms with Crippen LogP contribution in [0.15, 0.2) is 47.1 Å². The fourth-order valence-corrected chi connectivity index (χ4v) is 3.53. The number of nitrogens with zero attached hydrogens (tertiary/aromatic N) is 2. The van der Waals surface area contributed by atoms with Gasteiger partial charge in [-0.3, -0.25) is 0 Å². The maximum Gasteiger partial charge on any atom is 0.143 e. The summed E-state index contributed by atoms with van der Waals surface area (Å²) in [5, 5.41) is 0.658. The van der Waals surface area contributed by atoms with Gasteiger partial charge < -0.3 is 4.90 Å². The molecule has 0 spiro atoms. The van der Waals surface area contributed by atoms with Crippen molar-refractivity contribution in [2.45, 2.75) is 18.9 Å². The molecule has 98 valence electrons. The Balaban J connectivity index is 1.95. The van der Waals surface area contributed by atoms with E-state index < -0.39 is 0 Å². The minimum Gasteiger partial charge on any atom is -0.349 e. The van der Waals surface area contributed by atoms with Crippen LogP contribution in [0.25, 0.3) is 0 Å². The average Bonchev–Trinajstić information content (AvgIpc) is 2.89. The van der Waals surface area contributed by atoms with Gasteiger partial charge in [-0.05, 0) is 40.4 Å². The van der Waals surface area contributed by atoms with Crippen molar-refractivity contribution in [1.82, 2.24) is 4.98 Å². The Morgan fingerprint density at radius 3 is 2.79 bits per heavy atom. The van der Waals surface area contributed by atoms with Crippen LogP contribution in [-0.4, -0.2) is 11.5 Å². The van der Waals surface area contributed by atoms with E-state index in [-0.39, 0.29) is 0 Å². The van der Waals surface area contributed by atoms with Gasteiger partial charge in [0, 0.05) is 12.7 Å². The van der Waals surface area contributed by atoms with Crippen molar-refractivity contribution in [2.75, 3.05) is 11.4 Å². The Bertz CT molecular complexity index is 574. The summed E-state index contributed by atoms with van der Waals surface area (Å²) in [5.74, 6) is 0.982. The summed E-state index contributed by atoms with van der Waals surface area (Å²) in [6, 6.07) is 12.9. The smallest absolute Gasteiger partial charge is 0.143 e. The summed E-state index contributed by atoms with van der Waals surface area (Å²) < 4.78 is 0.961. The molecule has 1 unspecified atom stereocenters. The van der Waals surface area contributed by atoms with E-state index in [1.165, 1.54) is 18.4 Å². The maximum absolute atomic E-state index is 5.97. The van der Waals surface area contributed by atoms with Gasteiger partial charge in [0.25, 0.3) is 0 Å². The van der Waals surface area contributed by atoms with Crippen LogP contribution < -0.4 is 4.90 Å². The van der Waals surface area contributed by atoms with Crippen LogP contribution in [0.5, 0.6) is 0 Å². The molecule has 3 rings (SSSR count). The molecule has 0 radical (unpaired) electrons. The Labute approximate surface area is 126 Å². The first-order valence-electron chi connectivity index (χ1n) is 6.38. The molecule has 0 N–H and O–H groups in total. The monoisotopic (exact) mass is 336 g/mol. The van der Waals surface area contributed by atoms with E-state index >= 15 is 0 Å². The van der Waals surface area contributed by atoms with Crippen LogP contribution in [0, 0.1) is 0 Å². The fraction of sp³-hybridized carbons (Fsp3) is 0.267. The zero-order valence-corrected chi connectivity index (χ0v) is 12.7. The molecule has 0 amide bonds. The summed E-state index contributed by atoms with van der Waals surface area (Å²) in [6.45, 7) is 1.03. The molecule has 1 atom stereocenters. The standard InChI is InChI=1S/C15H14BrClN2/c16-13-9-12(17)10-18-15(13)19-8-4-7-14(19)11-5-2-1-3-6-11/h1-3,5-6,9-10,14H,4,7-8H2. The Hall–Kier alpha value is -1.06. The zero-order chi connectivity index (χ0) is 13.2. The molecule has 0 bridgehead atoms. The highest BCUT2D eigenvalue weighted by Crippen LogP contribution is 2.38. The SMILES string of the molecule is Clc1cnc(N2CCCC2c2ccccc2)c(Br)c1. The van der Waals surface area contributed by atoms with Crippen LogP contribution in [-0.2, 0) is 0 Å². The second kappa shape index (κ2) is 5.51. The molecule has 1 fully saturated rings. The van der Waals surface area contributed by atoms with Gasteiger partial charge in [-0.25, -0.2) is 4.98 Å². The molecule has 2 nitrogen and oxygen atoms in total. The third-order valence-electron chi connectivity index (χ3n) is 3.50. The van der Waals surface area contributed by atoms with Crippen molar-refractivity contribution < 1.29 is 0 Å². The van der Waals surface area contributed by atoms with E-state index in [4.69, 9.17) is 11.6 Å². The predicted octanol–water partition coefficient (Wildman–Crippen LogP) is 4.84. The van der Waals surface area contributed by atoms with Crippen molar-refractivity contribution in [2.24, 2.45) is 0 Å². The Morgan fingerprint density at radius 1 is 1.26 bits per heavy atom. The third kappa shape index (κ3) is 2.63. The summed E-state index contributed by atoms with van der Waals surface area (Å²) in [4.78, 5) is 6.84. The van der Waals surface area contributed by atoms with Crippen LogP contribution in [0.3, 0.4) is 0 Å². The summed E-state index contributed by atoms with van der Waals surface area (Å²) >= 11 is 9.53. The molecule has 1 saturated heterocycles. The summed E-state index contributed by atoms with van der Waals surface area (Å²) in [6.07, 6.45) is 4.07. The minimum atomic E-state index is 0.408. The second-order valence-corrected chi connectivity index (χ2v) is 6.01. The average molecular weight is 338 g/mol. The predicted molar refractivity (Wildman–Crippen MR) is 82.7 cm³/mol. The lowest BCUT2D eigenvalue weighted by molar-refractivity contribution is 0.710. The first-order chi connectivity index (χ1) is 9.25. The van der Waals surface area contributed by atoms with Crippen LogP contribution >= 0.6 is 27.5 Å². The molecule has 2 heterocycles. The van der Waals surface area contributed by atoms with Gasteiger partial charge in [0.2, 0.25) is 0 Å². The highest BCUT2D eigenvalue weighted by Gasteiger charge is 2.28. The van der Waals surface area contributed by atoms with Gasteiger partial charge in [0.1, 0.15) is 5.82 Å². The van der Waals surface area contributed by atoms with Crippen molar-refractivity contribution >= 4 is 33.3 Å². The number of hydrogen-bond donors (Lipinski definition) is 0. The normalized spacial score (nSPS) is 18.8.